The van der Waals surface area contributed by atoms with Crippen LogP contribution in [0.2, 0.25) is 0 Å². The minimum Gasteiger partial charge on any atom is -0.450 e. The molecular weight excluding hydrogens is 200 g/mol. The lowest BCUT2D eigenvalue weighted by Gasteiger charge is -2.38. The second-order valence-electron chi connectivity index (χ2n) is 3.72. The third-order valence-electron chi connectivity index (χ3n) is 2.27. The highest BCUT2D eigenvalue weighted by Gasteiger charge is 2.44. The molecule has 15 heavy (non-hydrogen) atoms. The number of rotatable bonds is 1. The number of piperazine rings is 1. The van der Waals surface area contributed by atoms with Crippen molar-refractivity contribution in [2.75, 3.05) is 13.2 Å². The Kier molecular flexibility index (Phi) is 2.97. The molecule has 0 aromatic rings. The first-order chi connectivity index (χ1) is 6.89. The summed E-state index contributed by atoms with van der Waals surface area (Å²) >= 11 is 0. The Hall–Kier alpha value is -1.59. The summed E-state index contributed by atoms with van der Waals surface area (Å²) in [6.07, 6.45) is -0.647. The molecule has 0 unspecified atom stereocenters. The predicted molar refractivity (Wildman–Crippen MR) is 51.0 cm³/mol. The van der Waals surface area contributed by atoms with Crippen molar-refractivity contribution in [1.82, 2.24) is 10.2 Å². The summed E-state index contributed by atoms with van der Waals surface area (Å²) in [6, 6.07) is 0. The fourth-order valence-electron chi connectivity index (χ4n) is 1.28. The lowest BCUT2D eigenvalue weighted by atomic mass is 9.99. The van der Waals surface area contributed by atoms with Crippen molar-refractivity contribution in [2.24, 2.45) is 0 Å². The number of hydrogen-bond donors (Lipinski definition) is 1. The number of carbonyl (C=O) groups excluding carboxylic acids is 3. The molecule has 1 N–H and O–H groups in total. The second kappa shape index (κ2) is 3.88. The van der Waals surface area contributed by atoms with E-state index in [0.717, 1.165) is 4.90 Å². The van der Waals surface area contributed by atoms with Gasteiger partial charge in [0.2, 0.25) is 5.91 Å². The van der Waals surface area contributed by atoms with Gasteiger partial charge in [-0.3, -0.25) is 19.8 Å². The van der Waals surface area contributed by atoms with E-state index in [1.54, 1.807) is 20.8 Å². The number of hydrogen-bond acceptors (Lipinski definition) is 4. The van der Waals surface area contributed by atoms with Crippen LogP contribution in [0.3, 0.4) is 0 Å². The van der Waals surface area contributed by atoms with Crippen LogP contribution in [0, 0.1) is 0 Å². The van der Waals surface area contributed by atoms with Crippen LogP contribution in [0.25, 0.3) is 0 Å². The fourth-order valence-corrected chi connectivity index (χ4v) is 1.28. The van der Waals surface area contributed by atoms with Crippen molar-refractivity contribution in [2.45, 2.75) is 26.3 Å². The number of ether oxygens (including phenoxy) is 1. The molecule has 1 aliphatic heterocycles. The Morgan fingerprint density at radius 3 is 2.67 bits per heavy atom. The number of amides is 3. The molecule has 6 nitrogen and oxygen atoms in total. The first-order valence-electron chi connectivity index (χ1n) is 4.68. The van der Waals surface area contributed by atoms with Gasteiger partial charge in [-0.1, -0.05) is 0 Å². The van der Waals surface area contributed by atoms with E-state index in [4.69, 9.17) is 4.74 Å². The third-order valence-corrected chi connectivity index (χ3v) is 2.27. The lowest BCUT2D eigenvalue weighted by molar-refractivity contribution is -0.143. The molecule has 1 saturated heterocycles. The molecule has 1 fully saturated rings. The average Bonchev–Trinajstić information content (AvgIpc) is 2.12. The van der Waals surface area contributed by atoms with Crippen molar-refractivity contribution in [3.05, 3.63) is 0 Å². The molecule has 84 valence electrons. The molecule has 1 heterocycles. The van der Waals surface area contributed by atoms with Crippen LogP contribution in [-0.4, -0.2) is 41.5 Å². The van der Waals surface area contributed by atoms with E-state index in [1.807, 2.05) is 0 Å². The van der Waals surface area contributed by atoms with Crippen molar-refractivity contribution in [3.8, 4) is 0 Å². The lowest BCUT2D eigenvalue weighted by Crippen LogP contribution is -2.65. The fraction of sp³-hybridized carbons (Fsp3) is 0.667. The third kappa shape index (κ3) is 2.08. The molecule has 0 bridgehead atoms. The van der Waals surface area contributed by atoms with Gasteiger partial charge < -0.3 is 4.74 Å². The van der Waals surface area contributed by atoms with Crippen LogP contribution in [0.5, 0.6) is 0 Å². The van der Waals surface area contributed by atoms with Crippen LogP contribution >= 0.6 is 0 Å². The number of nitrogens with one attached hydrogen (secondary N) is 1. The number of carbonyl (C=O) groups is 3. The van der Waals surface area contributed by atoms with Gasteiger partial charge in [0.05, 0.1) is 6.61 Å². The van der Waals surface area contributed by atoms with Gasteiger partial charge in [0.15, 0.2) is 0 Å². The maximum atomic E-state index is 11.5. The van der Waals surface area contributed by atoms with Gasteiger partial charge in [0.25, 0.3) is 5.91 Å². The van der Waals surface area contributed by atoms with Crippen LogP contribution in [0.1, 0.15) is 20.8 Å². The Labute approximate surface area is 87.6 Å². The molecule has 3 amide bonds. The van der Waals surface area contributed by atoms with Gasteiger partial charge in [-0.15, -0.1) is 0 Å². The zero-order valence-corrected chi connectivity index (χ0v) is 8.99. The molecule has 0 aromatic carbocycles. The average molecular weight is 214 g/mol. The van der Waals surface area contributed by atoms with Gasteiger partial charge >= 0.3 is 6.09 Å². The second-order valence-corrected chi connectivity index (χ2v) is 3.72. The summed E-state index contributed by atoms with van der Waals surface area (Å²) in [5.41, 5.74) is -1.06. The molecule has 0 radical (unpaired) electrons. The summed E-state index contributed by atoms with van der Waals surface area (Å²) in [4.78, 5) is 35.2. The van der Waals surface area contributed by atoms with Crippen LogP contribution < -0.4 is 5.32 Å². The topological polar surface area (TPSA) is 75.7 Å². The van der Waals surface area contributed by atoms with E-state index in [2.05, 4.69) is 5.32 Å². The first kappa shape index (κ1) is 11.5. The molecule has 0 spiro atoms. The molecule has 1 aliphatic rings. The summed E-state index contributed by atoms with van der Waals surface area (Å²) in [6.45, 7) is 4.84. The number of nitrogens with zero attached hydrogens (tertiary/aromatic N) is 1. The zero-order chi connectivity index (χ0) is 11.6. The minimum atomic E-state index is -1.06. The highest BCUT2D eigenvalue weighted by atomic mass is 16.6. The van der Waals surface area contributed by atoms with E-state index in [9.17, 15) is 14.4 Å². The van der Waals surface area contributed by atoms with Crippen LogP contribution in [-0.2, 0) is 14.3 Å². The summed E-state index contributed by atoms with van der Waals surface area (Å²) in [5, 5.41) is 2.17. The van der Waals surface area contributed by atoms with E-state index in [1.165, 1.54) is 0 Å². The van der Waals surface area contributed by atoms with Gasteiger partial charge in [-0.2, -0.15) is 0 Å². The van der Waals surface area contributed by atoms with Crippen molar-refractivity contribution < 1.29 is 19.1 Å². The predicted octanol–water partition coefficient (Wildman–Crippen LogP) is -0.120. The zero-order valence-electron chi connectivity index (χ0n) is 8.99. The highest BCUT2D eigenvalue weighted by Crippen LogP contribution is 2.18. The Balaban J connectivity index is 2.88. The van der Waals surface area contributed by atoms with Crippen molar-refractivity contribution >= 4 is 17.9 Å². The van der Waals surface area contributed by atoms with E-state index < -0.39 is 23.4 Å². The van der Waals surface area contributed by atoms with Gasteiger partial charge in [0.1, 0.15) is 12.1 Å². The molecule has 0 saturated carbocycles. The smallest absolute Gasteiger partial charge is 0.411 e. The summed E-state index contributed by atoms with van der Waals surface area (Å²) < 4.78 is 4.77. The quantitative estimate of drug-likeness (QED) is 0.617. The van der Waals surface area contributed by atoms with Crippen molar-refractivity contribution in [3.63, 3.8) is 0 Å². The molecule has 0 aliphatic carbocycles. The van der Waals surface area contributed by atoms with Crippen LogP contribution in [0.4, 0.5) is 4.79 Å². The first-order valence-corrected chi connectivity index (χ1v) is 4.68. The minimum absolute atomic E-state index is 0.155. The molecular formula is C9H14N2O4. The number of imide groups is 1. The van der Waals surface area contributed by atoms with Crippen LogP contribution in [0.15, 0.2) is 0 Å². The standard InChI is InChI=1S/C9H14N2O4/c1-4-15-8(14)11-5-6(12)10-7(13)9(11,2)3/h4-5H2,1-3H3,(H,10,12,13). The summed E-state index contributed by atoms with van der Waals surface area (Å²) in [5.74, 6) is -0.987. The molecule has 1 rings (SSSR count). The van der Waals surface area contributed by atoms with Gasteiger partial charge in [-0.05, 0) is 20.8 Å². The Bertz CT molecular complexity index is 311. The highest BCUT2D eigenvalue weighted by molar-refractivity contribution is 6.05. The maximum Gasteiger partial charge on any atom is 0.411 e. The Morgan fingerprint density at radius 2 is 2.13 bits per heavy atom. The molecule has 0 aromatic heterocycles. The Morgan fingerprint density at radius 1 is 1.53 bits per heavy atom. The van der Waals surface area contributed by atoms with Gasteiger partial charge in [0, 0.05) is 0 Å². The van der Waals surface area contributed by atoms with E-state index in [0.29, 0.717) is 0 Å². The van der Waals surface area contributed by atoms with E-state index in [-0.39, 0.29) is 13.2 Å². The largest absolute Gasteiger partial charge is 0.450 e. The normalized spacial score (nSPS) is 19.8. The molecule has 0 atom stereocenters. The van der Waals surface area contributed by atoms with Gasteiger partial charge in [-0.25, -0.2) is 4.79 Å². The van der Waals surface area contributed by atoms with E-state index >= 15 is 0 Å². The summed E-state index contributed by atoms with van der Waals surface area (Å²) in [7, 11) is 0. The SMILES string of the molecule is CCOC(=O)N1CC(=O)NC(=O)C1(C)C. The monoisotopic (exact) mass is 214 g/mol. The molecule has 6 heteroatoms. The maximum absolute atomic E-state index is 11.5. The van der Waals surface area contributed by atoms with Crippen molar-refractivity contribution in [1.29, 1.82) is 0 Å².